The third kappa shape index (κ3) is 3.74. The van der Waals surface area contributed by atoms with Gasteiger partial charge in [-0.25, -0.2) is 4.79 Å². The highest BCUT2D eigenvalue weighted by molar-refractivity contribution is 5.89. The van der Waals surface area contributed by atoms with Crippen molar-refractivity contribution in [3.8, 4) is 0 Å². The van der Waals surface area contributed by atoms with Crippen molar-refractivity contribution in [1.29, 1.82) is 0 Å². The molecular formula is C29H38O4. The Bertz CT molecular complexity index is 938. The van der Waals surface area contributed by atoms with Crippen molar-refractivity contribution in [3.63, 3.8) is 0 Å². The Kier molecular flexibility index (Phi) is 5.69. The van der Waals surface area contributed by atoms with Crippen molar-refractivity contribution in [2.45, 2.75) is 84.3 Å². The van der Waals surface area contributed by atoms with Crippen LogP contribution >= 0.6 is 0 Å². The van der Waals surface area contributed by atoms with Crippen LogP contribution in [0.4, 0.5) is 0 Å². The summed E-state index contributed by atoms with van der Waals surface area (Å²) in [5.41, 5.74) is 2.33. The molecule has 4 fully saturated rings. The highest BCUT2D eigenvalue weighted by Gasteiger charge is 2.62. The van der Waals surface area contributed by atoms with Crippen LogP contribution in [0.15, 0.2) is 42.5 Å². The number of benzene rings is 1. The lowest BCUT2D eigenvalue weighted by atomic mass is 9.44. The van der Waals surface area contributed by atoms with Crippen molar-refractivity contribution in [2.24, 2.45) is 34.5 Å². The zero-order valence-corrected chi connectivity index (χ0v) is 20.3. The van der Waals surface area contributed by atoms with E-state index in [1.165, 1.54) is 18.9 Å². The first-order valence-corrected chi connectivity index (χ1v) is 12.8. The normalized spacial score (nSPS) is 42.0. The average molecular weight is 451 g/mol. The molecule has 5 rings (SSSR count). The van der Waals surface area contributed by atoms with E-state index in [4.69, 9.17) is 9.47 Å². The molecule has 0 radical (unpaired) electrons. The Balaban J connectivity index is 1.34. The summed E-state index contributed by atoms with van der Waals surface area (Å²) in [5.74, 6) is 1.86. The van der Waals surface area contributed by atoms with Crippen LogP contribution in [0.3, 0.4) is 0 Å². The molecule has 0 N–H and O–H groups in total. The van der Waals surface area contributed by atoms with Crippen molar-refractivity contribution in [3.05, 3.63) is 48.0 Å². The summed E-state index contributed by atoms with van der Waals surface area (Å²) in [6.07, 6.45) is 8.48. The number of fused-ring (bicyclic) bond motifs is 5. The minimum Gasteiger partial charge on any atom is -0.463 e. The molecule has 4 saturated carbocycles. The standard InChI is InChI=1S/C29H38O4/c1-18-16-21-17-22(32-19(2)30)12-14-28(21,3)24-13-15-29(4)23(26(18)24)10-11-25(29)33-27(31)20-8-6-5-7-9-20/h5-9,21-26H,1,10-17H2,2-4H3/t21-,22-,23-,24-,25-,26-,28-,29-/m0/s1. The Hall–Kier alpha value is -2.10. The van der Waals surface area contributed by atoms with E-state index in [1.807, 2.05) is 30.3 Å². The molecule has 0 aromatic heterocycles. The van der Waals surface area contributed by atoms with Gasteiger partial charge in [-0.05, 0) is 92.6 Å². The van der Waals surface area contributed by atoms with Crippen LogP contribution < -0.4 is 0 Å². The maximum Gasteiger partial charge on any atom is 0.338 e. The molecule has 0 amide bonds. The number of carbonyl (C=O) groups excluding carboxylic acids is 2. The highest BCUT2D eigenvalue weighted by atomic mass is 16.5. The lowest BCUT2D eigenvalue weighted by Gasteiger charge is -2.61. The molecule has 0 aliphatic heterocycles. The molecule has 33 heavy (non-hydrogen) atoms. The van der Waals surface area contributed by atoms with Crippen LogP contribution in [0.25, 0.3) is 0 Å². The lowest BCUT2D eigenvalue weighted by Crippen LogP contribution is -2.55. The van der Waals surface area contributed by atoms with E-state index in [0.717, 1.165) is 44.9 Å². The largest absolute Gasteiger partial charge is 0.463 e. The van der Waals surface area contributed by atoms with Crippen LogP contribution in [-0.4, -0.2) is 24.1 Å². The molecule has 0 unspecified atom stereocenters. The fraction of sp³-hybridized carbons (Fsp3) is 0.655. The topological polar surface area (TPSA) is 52.6 Å². The molecule has 0 bridgehead atoms. The van der Waals surface area contributed by atoms with Gasteiger partial charge in [0, 0.05) is 12.3 Å². The van der Waals surface area contributed by atoms with Gasteiger partial charge in [-0.15, -0.1) is 0 Å². The number of esters is 2. The van der Waals surface area contributed by atoms with Gasteiger partial charge >= 0.3 is 11.9 Å². The Morgan fingerprint density at radius 1 is 0.939 bits per heavy atom. The minimum absolute atomic E-state index is 0.0193. The lowest BCUT2D eigenvalue weighted by molar-refractivity contribution is -0.156. The smallest absolute Gasteiger partial charge is 0.338 e. The zero-order chi connectivity index (χ0) is 23.4. The molecule has 0 heterocycles. The van der Waals surface area contributed by atoms with Crippen LogP contribution in [0.2, 0.25) is 0 Å². The quantitative estimate of drug-likeness (QED) is 0.398. The van der Waals surface area contributed by atoms with Crippen LogP contribution in [-0.2, 0) is 14.3 Å². The number of ether oxygens (including phenoxy) is 2. The first-order valence-electron chi connectivity index (χ1n) is 12.8. The van der Waals surface area contributed by atoms with Gasteiger partial charge in [-0.3, -0.25) is 4.79 Å². The van der Waals surface area contributed by atoms with Gasteiger partial charge < -0.3 is 9.47 Å². The summed E-state index contributed by atoms with van der Waals surface area (Å²) >= 11 is 0. The molecular weight excluding hydrogens is 412 g/mol. The van der Waals surface area contributed by atoms with Gasteiger partial charge in [-0.2, -0.15) is 0 Å². The van der Waals surface area contributed by atoms with E-state index >= 15 is 0 Å². The molecule has 0 saturated heterocycles. The first kappa shape index (κ1) is 22.7. The van der Waals surface area contributed by atoms with Crippen molar-refractivity contribution in [2.75, 3.05) is 0 Å². The van der Waals surface area contributed by atoms with Crippen molar-refractivity contribution < 1.29 is 19.1 Å². The van der Waals surface area contributed by atoms with E-state index in [-0.39, 0.29) is 35.0 Å². The Labute approximate surface area is 198 Å². The molecule has 4 aliphatic rings. The van der Waals surface area contributed by atoms with Crippen LogP contribution in [0.5, 0.6) is 0 Å². The number of carbonyl (C=O) groups is 2. The van der Waals surface area contributed by atoms with Crippen molar-refractivity contribution >= 4 is 11.9 Å². The maximum atomic E-state index is 12.8. The summed E-state index contributed by atoms with van der Waals surface area (Å²) in [6.45, 7) is 11.0. The number of hydrogen-bond donors (Lipinski definition) is 0. The molecule has 1 aromatic rings. The highest BCUT2D eigenvalue weighted by Crippen LogP contribution is 2.67. The fourth-order valence-electron chi connectivity index (χ4n) is 8.35. The van der Waals surface area contributed by atoms with Gasteiger partial charge in [0.2, 0.25) is 0 Å². The Morgan fingerprint density at radius 3 is 2.36 bits per heavy atom. The SMILES string of the molecule is C=C1C[C@H]2C[C@@H](OC(C)=O)CC[C@]2(C)[C@H]2CC[C@]3(C)[C@@H](OC(=O)c4ccccc4)CC[C@H]3[C@H]12. The molecule has 8 atom stereocenters. The first-order chi connectivity index (χ1) is 15.7. The molecule has 0 spiro atoms. The van der Waals surface area contributed by atoms with Crippen molar-refractivity contribution in [1.82, 2.24) is 0 Å². The number of allylic oxidation sites excluding steroid dienone is 1. The number of hydrogen-bond acceptors (Lipinski definition) is 4. The number of rotatable bonds is 3. The predicted molar refractivity (Wildman–Crippen MR) is 127 cm³/mol. The van der Waals surface area contributed by atoms with E-state index < -0.39 is 0 Å². The molecule has 178 valence electrons. The van der Waals surface area contributed by atoms with Gasteiger partial charge in [0.1, 0.15) is 12.2 Å². The second-order valence-electron chi connectivity index (χ2n) is 11.7. The average Bonchev–Trinajstić information content (AvgIpc) is 3.11. The molecule has 4 heteroatoms. The predicted octanol–water partition coefficient (Wildman–Crippen LogP) is 6.35. The van der Waals surface area contributed by atoms with E-state index in [9.17, 15) is 9.59 Å². The van der Waals surface area contributed by atoms with Gasteiger partial charge in [0.25, 0.3) is 0 Å². The molecule has 4 aliphatic carbocycles. The van der Waals surface area contributed by atoms with E-state index in [0.29, 0.717) is 29.2 Å². The van der Waals surface area contributed by atoms with Gasteiger partial charge in [0.15, 0.2) is 0 Å². The summed E-state index contributed by atoms with van der Waals surface area (Å²) in [5, 5.41) is 0. The fourth-order valence-corrected chi connectivity index (χ4v) is 8.35. The minimum atomic E-state index is -0.192. The van der Waals surface area contributed by atoms with Crippen LogP contribution in [0, 0.1) is 34.5 Å². The van der Waals surface area contributed by atoms with Gasteiger partial charge in [-0.1, -0.05) is 44.2 Å². The second-order valence-corrected chi connectivity index (χ2v) is 11.7. The molecule has 4 nitrogen and oxygen atoms in total. The van der Waals surface area contributed by atoms with Crippen LogP contribution in [0.1, 0.15) is 82.5 Å². The second kappa shape index (κ2) is 8.29. The maximum absolute atomic E-state index is 12.8. The van der Waals surface area contributed by atoms with E-state index in [1.54, 1.807) is 0 Å². The summed E-state index contributed by atoms with van der Waals surface area (Å²) < 4.78 is 11.8. The molecule has 1 aromatic carbocycles. The third-order valence-corrected chi connectivity index (χ3v) is 10.1. The monoisotopic (exact) mass is 450 g/mol. The Morgan fingerprint density at radius 2 is 1.64 bits per heavy atom. The summed E-state index contributed by atoms with van der Waals surface area (Å²) in [6, 6.07) is 9.38. The summed E-state index contributed by atoms with van der Waals surface area (Å²) in [7, 11) is 0. The third-order valence-electron chi connectivity index (χ3n) is 10.1. The van der Waals surface area contributed by atoms with Gasteiger partial charge in [0.05, 0.1) is 5.56 Å². The van der Waals surface area contributed by atoms with E-state index in [2.05, 4.69) is 20.4 Å². The zero-order valence-electron chi connectivity index (χ0n) is 20.3. The summed E-state index contributed by atoms with van der Waals surface area (Å²) in [4.78, 5) is 24.4.